The number of hydrogen-bond acceptors (Lipinski definition) is 5. The summed E-state index contributed by atoms with van der Waals surface area (Å²) in [5.41, 5.74) is 1.48. The van der Waals surface area contributed by atoms with E-state index in [2.05, 4.69) is 20.3 Å². The largest absolute Gasteiger partial charge is 0.370 e. The van der Waals surface area contributed by atoms with Crippen LogP contribution in [0, 0.1) is 0 Å². The van der Waals surface area contributed by atoms with Crippen LogP contribution in [0.5, 0.6) is 0 Å². The van der Waals surface area contributed by atoms with Gasteiger partial charge >= 0.3 is 0 Å². The molecule has 0 bridgehead atoms. The number of hydrogen-bond donors (Lipinski definition) is 3. The van der Waals surface area contributed by atoms with Crippen molar-refractivity contribution < 1.29 is 13.2 Å². The number of nitrogens with one attached hydrogen (secondary N) is 3. The Labute approximate surface area is 197 Å². The maximum Gasteiger partial charge on any atom is 0.262 e. The third kappa shape index (κ3) is 6.22. The summed E-state index contributed by atoms with van der Waals surface area (Å²) in [5.74, 6) is -0.321. The second-order valence-corrected chi connectivity index (χ2v) is 10.0. The van der Waals surface area contributed by atoms with E-state index in [-0.39, 0.29) is 26.6 Å². The van der Waals surface area contributed by atoms with E-state index in [4.69, 9.17) is 35.4 Å². The van der Waals surface area contributed by atoms with Gasteiger partial charge in [-0.15, -0.1) is 0 Å². The molecule has 0 radical (unpaired) electrons. The fourth-order valence-corrected chi connectivity index (χ4v) is 5.03. The molecule has 0 spiro atoms. The minimum Gasteiger partial charge on any atom is -0.370 e. The lowest BCUT2D eigenvalue weighted by molar-refractivity contribution is -0.117. The van der Waals surface area contributed by atoms with Gasteiger partial charge in [-0.2, -0.15) is 0 Å². The van der Waals surface area contributed by atoms with Gasteiger partial charge in [0.05, 0.1) is 27.0 Å². The van der Waals surface area contributed by atoms with Gasteiger partial charge in [0.1, 0.15) is 0 Å². The van der Waals surface area contributed by atoms with E-state index in [9.17, 15) is 13.2 Å². The standard InChI is InChI=1S/C20H22Cl2N4O3S2/c1-13(27)23-20(30)24-18-12-15(6-8-19(18)26-9-3-2-4-10-26)31(28,29)25-17-11-14(21)5-7-16(17)22/h5-8,11-12,25H,2-4,9-10H2,1H3,(H2,23,24,27,30). The number of amides is 1. The summed E-state index contributed by atoms with van der Waals surface area (Å²) in [5, 5.41) is 6.12. The molecule has 7 nitrogen and oxygen atoms in total. The number of piperidine rings is 1. The predicted octanol–water partition coefficient (Wildman–Crippen LogP) is 4.62. The molecule has 2 aromatic carbocycles. The number of rotatable bonds is 5. The first-order valence-corrected chi connectivity index (χ1v) is 12.3. The van der Waals surface area contributed by atoms with Crippen LogP contribution in [0.15, 0.2) is 41.3 Å². The molecular weight excluding hydrogens is 479 g/mol. The van der Waals surface area contributed by atoms with Crippen LogP contribution in [0.4, 0.5) is 17.1 Å². The normalized spacial score (nSPS) is 14.1. The molecular formula is C20H22Cl2N4O3S2. The maximum absolute atomic E-state index is 13.0. The Kier molecular flexibility index (Phi) is 7.64. The molecule has 0 aromatic heterocycles. The van der Waals surface area contributed by atoms with Crippen molar-refractivity contribution in [3.05, 3.63) is 46.4 Å². The third-order valence-corrected chi connectivity index (χ3v) is 6.82. The monoisotopic (exact) mass is 500 g/mol. The molecule has 1 fully saturated rings. The van der Waals surface area contributed by atoms with Crippen molar-refractivity contribution in [2.24, 2.45) is 0 Å². The van der Waals surface area contributed by atoms with Crippen LogP contribution in [0.1, 0.15) is 26.2 Å². The highest BCUT2D eigenvalue weighted by Gasteiger charge is 2.21. The van der Waals surface area contributed by atoms with E-state index in [0.717, 1.165) is 38.0 Å². The van der Waals surface area contributed by atoms with Crippen molar-refractivity contribution >= 4 is 73.5 Å². The minimum atomic E-state index is -3.96. The van der Waals surface area contributed by atoms with Crippen LogP contribution >= 0.6 is 35.4 Å². The Morgan fingerprint density at radius 1 is 1.03 bits per heavy atom. The number of carbonyl (C=O) groups excluding carboxylic acids is 1. The van der Waals surface area contributed by atoms with Crippen LogP contribution in [-0.2, 0) is 14.8 Å². The minimum absolute atomic E-state index is 0.0115. The van der Waals surface area contributed by atoms with Gasteiger partial charge in [0.25, 0.3) is 10.0 Å². The van der Waals surface area contributed by atoms with Crippen LogP contribution in [-0.4, -0.2) is 32.5 Å². The van der Waals surface area contributed by atoms with Gasteiger partial charge in [0.15, 0.2) is 5.11 Å². The number of benzene rings is 2. The molecule has 3 rings (SSSR count). The second kappa shape index (κ2) is 10.0. The summed E-state index contributed by atoms with van der Waals surface area (Å²) in [7, 11) is -3.96. The van der Waals surface area contributed by atoms with E-state index < -0.39 is 10.0 Å². The van der Waals surface area contributed by atoms with Gasteiger partial charge in [0.2, 0.25) is 5.91 Å². The lowest BCUT2D eigenvalue weighted by Gasteiger charge is -2.31. The Bertz CT molecular complexity index is 1100. The number of halogens is 2. The first-order valence-electron chi connectivity index (χ1n) is 9.61. The van der Waals surface area contributed by atoms with Crippen molar-refractivity contribution in [2.45, 2.75) is 31.1 Å². The zero-order valence-electron chi connectivity index (χ0n) is 16.7. The lowest BCUT2D eigenvalue weighted by atomic mass is 10.1. The molecule has 2 aromatic rings. The molecule has 1 amide bonds. The number of thiocarbonyl (C=S) groups is 1. The van der Waals surface area contributed by atoms with E-state index >= 15 is 0 Å². The van der Waals surface area contributed by atoms with E-state index in [0.29, 0.717) is 10.7 Å². The Hall–Kier alpha value is -2.07. The van der Waals surface area contributed by atoms with E-state index in [1.165, 1.54) is 31.2 Å². The number of sulfonamides is 1. The molecule has 0 unspecified atom stereocenters. The Morgan fingerprint density at radius 3 is 2.42 bits per heavy atom. The van der Waals surface area contributed by atoms with Gasteiger partial charge in [-0.05, 0) is 67.9 Å². The molecule has 1 aliphatic rings. The van der Waals surface area contributed by atoms with Crippen LogP contribution in [0.25, 0.3) is 0 Å². The van der Waals surface area contributed by atoms with Gasteiger partial charge in [-0.3, -0.25) is 9.52 Å². The molecule has 0 atom stereocenters. The smallest absolute Gasteiger partial charge is 0.262 e. The van der Waals surface area contributed by atoms with Crippen molar-refractivity contribution in [2.75, 3.05) is 28.0 Å². The average molecular weight is 501 g/mol. The zero-order chi connectivity index (χ0) is 22.6. The highest BCUT2D eigenvalue weighted by atomic mass is 35.5. The fraction of sp³-hybridized carbons (Fsp3) is 0.300. The van der Waals surface area contributed by atoms with E-state index in [1.807, 2.05) is 0 Å². The van der Waals surface area contributed by atoms with Crippen LogP contribution in [0.3, 0.4) is 0 Å². The molecule has 1 heterocycles. The zero-order valence-corrected chi connectivity index (χ0v) is 19.9. The molecule has 1 saturated heterocycles. The number of anilines is 3. The van der Waals surface area contributed by atoms with Crippen LogP contribution < -0.4 is 20.3 Å². The molecule has 11 heteroatoms. The van der Waals surface area contributed by atoms with Crippen LogP contribution in [0.2, 0.25) is 10.0 Å². The fourth-order valence-electron chi connectivity index (χ4n) is 3.29. The molecule has 1 aliphatic heterocycles. The van der Waals surface area contributed by atoms with Gasteiger partial charge in [-0.1, -0.05) is 23.2 Å². The predicted molar refractivity (Wildman–Crippen MR) is 130 cm³/mol. The van der Waals surface area contributed by atoms with Gasteiger partial charge in [-0.25, -0.2) is 8.42 Å². The second-order valence-electron chi connectivity index (χ2n) is 7.09. The van der Waals surface area contributed by atoms with Crippen molar-refractivity contribution in [1.29, 1.82) is 0 Å². The van der Waals surface area contributed by atoms with Crippen molar-refractivity contribution in [1.82, 2.24) is 5.32 Å². The maximum atomic E-state index is 13.0. The first-order chi connectivity index (χ1) is 14.7. The first kappa shape index (κ1) is 23.6. The number of carbonyl (C=O) groups is 1. The molecule has 0 saturated carbocycles. The van der Waals surface area contributed by atoms with Gasteiger partial charge in [0, 0.05) is 25.0 Å². The topological polar surface area (TPSA) is 90.5 Å². The number of nitrogens with zero attached hydrogens (tertiary/aromatic N) is 1. The molecule has 31 heavy (non-hydrogen) atoms. The van der Waals surface area contributed by atoms with Crippen molar-refractivity contribution in [3.8, 4) is 0 Å². The Balaban J connectivity index is 1.96. The van der Waals surface area contributed by atoms with Crippen molar-refractivity contribution in [3.63, 3.8) is 0 Å². The summed E-state index contributed by atoms with van der Waals surface area (Å²) >= 11 is 17.3. The summed E-state index contributed by atoms with van der Waals surface area (Å²) in [4.78, 5) is 13.5. The highest BCUT2D eigenvalue weighted by Crippen LogP contribution is 2.33. The average Bonchev–Trinajstić information content (AvgIpc) is 2.70. The lowest BCUT2D eigenvalue weighted by Crippen LogP contribution is -2.34. The Morgan fingerprint density at radius 2 is 1.74 bits per heavy atom. The summed E-state index contributed by atoms with van der Waals surface area (Å²) < 4.78 is 28.5. The van der Waals surface area contributed by atoms with Gasteiger partial charge < -0.3 is 15.5 Å². The molecule has 3 N–H and O–H groups in total. The molecule has 0 aliphatic carbocycles. The highest BCUT2D eigenvalue weighted by molar-refractivity contribution is 7.92. The summed E-state index contributed by atoms with van der Waals surface area (Å²) in [6.07, 6.45) is 3.25. The quantitative estimate of drug-likeness (QED) is 0.519. The summed E-state index contributed by atoms with van der Waals surface area (Å²) in [6.45, 7) is 3.05. The third-order valence-electron chi connectivity index (χ3n) is 4.69. The molecule has 166 valence electrons. The SMILES string of the molecule is CC(=O)NC(=S)Nc1cc(S(=O)(=O)Nc2cc(Cl)ccc2Cl)ccc1N1CCCCC1. The van der Waals surface area contributed by atoms with E-state index in [1.54, 1.807) is 12.1 Å². The summed E-state index contributed by atoms with van der Waals surface area (Å²) in [6, 6.07) is 9.27.